The minimum absolute atomic E-state index is 0.0138. The molecule has 0 bridgehead atoms. The molecule has 8 heteroatoms. The predicted molar refractivity (Wildman–Crippen MR) is 90.8 cm³/mol. The number of nitrogens with one attached hydrogen (secondary N) is 1. The van der Waals surface area contributed by atoms with Crippen molar-refractivity contribution in [2.45, 2.75) is 6.92 Å². The van der Waals surface area contributed by atoms with E-state index < -0.39 is 33.9 Å². The average molecular weight is 382 g/mol. The van der Waals surface area contributed by atoms with Gasteiger partial charge in [-0.2, -0.15) is 0 Å². The highest BCUT2D eigenvalue weighted by Crippen LogP contribution is 2.37. The Morgan fingerprint density at radius 1 is 1.19 bits per heavy atom. The van der Waals surface area contributed by atoms with Crippen LogP contribution >= 0.6 is 11.6 Å². The SMILES string of the molecule is CCOC(=O)c1c[nH]c2c(-c3ccc(F)cc3F)c(Cl)c(F)cc2c1=O. The molecule has 134 valence electrons. The van der Waals surface area contributed by atoms with E-state index in [0.29, 0.717) is 6.07 Å². The van der Waals surface area contributed by atoms with Crippen molar-refractivity contribution in [2.24, 2.45) is 0 Å². The summed E-state index contributed by atoms with van der Waals surface area (Å²) < 4.78 is 46.4. The van der Waals surface area contributed by atoms with Gasteiger partial charge in [-0.05, 0) is 25.1 Å². The van der Waals surface area contributed by atoms with Crippen molar-refractivity contribution in [3.8, 4) is 11.1 Å². The quantitative estimate of drug-likeness (QED) is 0.682. The molecule has 0 saturated heterocycles. The molecule has 0 saturated carbocycles. The maximum absolute atomic E-state index is 14.3. The summed E-state index contributed by atoms with van der Waals surface area (Å²) in [6, 6.07) is 3.54. The van der Waals surface area contributed by atoms with Gasteiger partial charge in [0, 0.05) is 28.8 Å². The van der Waals surface area contributed by atoms with Gasteiger partial charge in [0.15, 0.2) is 0 Å². The normalized spacial score (nSPS) is 11.0. The maximum atomic E-state index is 14.3. The fourth-order valence-electron chi connectivity index (χ4n) is 2.62. The summed E-state index contributed by atoms with van der Waals surface area (Å²) in [5, 5.41) is -0.654. The van der Waals surface area contributed by atoms with E-state index in [1.807, 2.05) is 0 Å². The van der Waals surface area contributed by atoms with Crippen LogP contribution < -0.4 is 5.43 Å². The van der Waals surface area contributed by atoms with Crippen molar-refractivity contribution in [1.82, 2.24) is 4.98 Å². The van der Waals surface area contributed by atoms with Crippen molar-refractivity contribution >= 4 is 28.5 Å². The number of hydrogen-bond acceptors (Lipinski definition) is 3. The van der Waals surface area contributed by atoms with Gasteiger partial charge in [0.2, 0.25) is 5.43 Å². The van der Waals surface area contributed by atoms with E-state index in [4.69, 9.17) is 16.3 Å². The Kier molecular flexibility index (Phi) is 4.73. The molecule has 1 aromatic heterocycles. The van der Waals surface area contributed by atoms with E-state index in [1.165, 1.54) is 0 Å². The molecule has 0 aliphatic carbocycles. The summed E-state index contributed by atoms with van der Waals surface area (Å²) in [4.78, 5) is 27.1. The van der Waals surface area contributed by atoms with Crippen LogP contribution in [0.25, 0.3) is 22.0 Å². The number of carbonyl (C=O) groups excluding carboxylic acids is 1. The first-order valence-electron chi connectivity index (χ1n) is 7.51. The molecule has 0 spiro atoms. The third-order valence-electron chi connectivity index (χ3n) is 3.77. The molecule has 0 radical (unpaired) electrons. The minimum atomic E-state index is -0.982. The smallest absolute Gasteiger partial charge is 0.343 e. The highest BCUT2D eigenvalue weighted by molar-refractivity contribution is 6.35. The number of hydrogen-bond donors (Lipinski definition) is 1. The summed E-state index contributed by atoms with van der Waals surface area (Å²) in [7, 11) is 0. The predicted octanol–water partition coefficient (Wildman–Crippen LogP) is 4.44. The molecule has 1 heterocycles. The second-order valence-corrected chi connectivity index (χ2v) is 5.72. The summed E-state index contributed by atoms with van der Waals surface area (Å²) in [6.45, 7) is 1.62. The number of H-pyrrole nitrogens is 1. The lowest BCUT2D eigenvalue weighted by atomic mass is 9.99. The largest absolute Gasteiger partial charge is 0.462 e. The van der Waals surface area contributed by atoms with E-state index in [0.717, 1.165) is 24.4 Å². The average Bonchev–Trinajstić information content (AvgIpc) is 2.58. The van der Waals surface area contributed by atoms with Gasteiger partial charge in [0.25, 0.3) is 0 Å². The Morgan fingerprint density at radius 2 is 1.92 bits per heavy atom. The summed E-state index contributed by atoms with van der Waals surface area (Å²) in [5.41, 5.74) is -1.45. The van der Waals surface area contributed by atoms with Crippen LogP contribution in [0.4, 0.5) is 13.2 Å². The minimum Gasteiger partial charge on any atom is -0.462 e. The van der Waals surface area contributed by atoms with Crippen molar-refractivity contribution in [2.75, 3.05) is 6.61 Å². The molecule has 0 aliphatic rings. The number of ether oxygens (including phenoxy) is 1. The molecule has 26 heavy (non-hydrogen) atoms. The van der Waals surface area contributed by atoms with Gasteiger partial charge < -0.3 is 9.72 Å². The lowest BCUT2D eigenvalue weighted by molar-refractivity contribution is 0.0524. The van der Waals surface area contributed by atoms with Gasteiger partial charge in [0.05, 0.1) is 17.1 Å². The molecule has 0 aliphatic heterocycles. The van der Waals surface area contributed by atoms with Crippen molar-refractivity contribution in [1.29, 1.82) is 0 Å². The molecule has 0 atom stereocenters. The first-order valence-corrected chi connectivity index (χ1v) is 7.88. The van der Waals surface area contributed by atoms with Crippen LogP contribution in [-0.2, 0) is 4.74 Å². The highest BCUT2D eigenvalue weighted by atomic mass is 35.5. The Labute approximate surface area is 150 Å². The lowest BCUT2D eigenvalue weighted by Gasteiger charge is -2.12. The van der Waals surface area contributed by atoms with Gasteiger partial charge in [0.1, 0.15) is 23.0 Å². The van der Waals surface area contributed by atoms with E-state index in [1.54, 1.807) is 6.92 Å². The zero-order chi connectivity index (χ0) is 19.0. The number of fused-ring (bicyclic) bond motifs is 1. The number of pyridine rings is 1. The van der Waals surface area contributed by atoms with E-state index in [9.17, 15) is 22.8 Å². The van der Waals surface area contributed by atoms with Crippen molar-refractivity contribution in [3.63, 3.8) is 0 Å². The van der Waals surface area contributed by atoms with Crippen LogP contribution in [0, 0.1) is 17.5 Å². The van der Waals surface area contributed by atoms with Crippen LogP contribution in [0.15, 0.2) is 35.3 Å². The number of halogens is 4. The van der Waals surface area contributed by atoms with E-state index in [2.05, 4.69) is 4.98 Å². The van der Waals surface area contributed by atoms with Gasteiger partial charge in [-0.1, -0.05) is 11.6 Å². The number of rotatable bonds is 3. The van der Waals surface area contributed by atoms with E-state index in [-0.39, 0.29) is 34.2 Å². The zero-order valence-corrected chi connectivity index (χ0v) is 14.1. The summed E-state index contributed by atoms with van der Waals surface area (Å²) >= 11 is 5.97. The molecule has 3 aromatic rings. The summed E-state index contributed by atoms with van der Waals surface area (Å²) in [6.07, 6.45) is 1.09. The fraction of sp³-hybridized carbons (Fsp3) is 0.111. The molecule has 1 N–H and O–H groups in total. The molecule has 0 amide bonds. The lowest BCUT2D eigenvalue weighted by Crippen LogP contribution is -2.18. The van der Waals surface area contributed by atoms with E-state index >= 15 is 0 Å². The highest BCUT2D eigenvalue weighted by Gasteiger charge is 2.22. The molecular weight excluding hydrogens is 371 g/mol. The molecule has 0 unspecified atom stereocenters. The van der Waals surface area contributed by atoms with Crippen LogP contribution in [-0.4, -0.2) is 17.6 Å². The fourth-order valence-corrected chi connectivity index (χ4v) is 2.87. The second kappa shape index (κ2) is 6.84. The van der Waals surface area contributed by atoms with Crippen molar-refractivity contribution < 1.29 is 22.7 Å². The number of esters is 1. The van der Waals surface area contributed by atoms with Gasteiger partial charge in [-0.15, -0.1) is 0 Å². The number of benzene rings is 2. The standard InChI is InChI=1S/C18H11ClF3NO3/c1-2-26-18(25)11-7-23-16-10(17(11)24)6-13(22)15(19)14(16)9-4-3-8(20)5-12(9)21/h3-7H,2H2,1H3,(H,23,24). The molecular formula is C18H11ClF3NO3. The third-order valence-corrected chi connectivity index (χ3v) is 4.14. The Hall–Kier alpha value is -2.80. The number of aromatic amines is 1. The molecule has 3 rings (SSSR count). The molecule has 4 nitrogen and oxygen atoms in total. The first kappa shape index (κ1) is 18.0. The number of carbonyl (C=O) groups is 1. The Bertz CT molecular complexity index is 1100. The molecule has 2 aromatic carbocycles. The van der Waals surface area contributed by atoms with Gasteiger partial charge >= 0.3 is 5.97 Å². The van der Waals surface area contributed by atoms with Crippen LogP contribution in [0.3, 0.4) is 0 Å². The zero-order valence-electron chi connectivity index (χ0n) is 13.3. The van der Waals surface area contributed by atoms with Crippen LogP contribution in [0.2, 0.25) is 5.02 Å². The second-order valence-electron chi connectivity index (χ2n) is 5.35. The number of aromatic nitrogens is 1. The molecule has 0 fully saturated rings. The summed E-state index contributed by atoms with van der Waals surface area (Å²) in [5.74, 6) is -3.65. The van der Waals surface area contributed by atoms with Gasteiger partial charge in [-0.25, -0.2) is 18.0 Å². The van der Waals surface area contributed by atoms with Gasteiger partial charge in [-0.3, -0.25) is 4.79 Å². The monoisotopic (exact) mass is 381 g/mol. The maximum Gasteiger partial charge on any atom is 0.343 e. The topological polar surface area (TPSA) is 59.2 Å². The first-order chi connectivity index (χ1) is 12.3. The Balaban J connectivity index is 2.37. The third kappa shape index (κ3) is 2.94. The Morgan fingerprint density at radius 3 is 2.58 bits per heavy atom. The van der Waals surface area contributed by atoms with Crippen LogP contribution in [0.5, 0.6) is 0 Å². The van der Waals surface area contributed by atoms with Crippen LogP contribution in [0.1, 0.15) is 17.3 Å². The van der Waals surface area contributed by atoms with Crippen molar-refractivity contribution in [3.05, 3.63) is 68.7 Å².